The molecule has 0 nitrogen and oxygen atoms in total. The van der Waals surface area contributed by atoms with E-state index in [1.807, 2.05) is 6.07 Å². The van der Waals surface area contributed by atoms with Crippen molar-refractivity contribution in [1.82, 2.24) is 0 Å². The third-order valence-corrected chi connectivity index (χ3v) is 6.75. The zero-order valence-electron chi connectivity index (χ0n) is 18.9. The van der Waals surface area contributed by atoms with Crippen LogP contribution in [-0.2, 0) is 26.4 Å². The summed E-state index contributed by atoms with van der Waals surface area (Å²) < 4.78 is 1.60. The molecule has 0 aliphatic heterocycles. The molecule has 160 valence electrons. The average molecular weight is 475 g/mol. The van der Waals surface area contributed by atoms with Crippen molar-refractivity contribution in [2.75, 3.05) is 0 Å². The van der Waals surface area contributed by atoms with Crippen LogP contribution >= 0.6 is 0 Å². The molecule has 2 aromatic rings. The van der Waals surface area contributed by atoms with Gasteiger partial charge in [0.1, 0.15) is 0 Å². The van der Waals surface area contributed by atoms with E-state index in [0.29, 0.717) is 5.92 Å². The Morgan fingerprint density at radius 2 is 1.57 bits per heavy atom. The summed E-state index contributed by atoms with van der Waals surface area (Å²) in [5.41, 5.74) is 6.78. The van der Waals surface area contributed by atoms with Crippen molar-refractivity contribution < 1.29 is 44.8 Å². The van der Waals surface area contributed by atoms with Crippen LogP contribution in [0.2, 0.25) is 0 Å². The van der Waals surface area contributed by atoms with Crippen LogP contribution in [0.25, 0.3) is 11.1 Å². The van der Waals surface area contributed by atoms with Gasteiger partial charge in [-0.25, -0.2) is 11.6 Å². The Morgan fingerprint density at radius 3 is 2.03 bits per heavy atom. The molecule has 0 amide bonds. The first-order valence-corrected chi connectivity index (χ1v) is 11.0. The fourth-order valence-corrected chi connectivity index (χ4v) is 3.41. The molecule has 0 aromatic heterocycles. The van der Waals surface area contributed by atoms with Crippen molar-refractivity contribution in [3.8, 4) is 11.1 Å². The maximum atomic E-state index is 3.30. The number of allylic oxidation sites excluding steroid dienone is 4. The first-order chi connectivity index (χ1) is 13.3. The molecule has 0 heterocycles. The van der Waals surface area contributed by atoms with Gasteiger partial charge in [-0.05, 0) is 6.42 Å². The summed E-state index contributed by atoms with van der Waals surface area (Å²) in [5, 5.41) is 0. The minimum Gasteiger partial charge on any atom is -1.00 e. The topological polar surface area (TPSA) is 0 Å². The molecule has 1 unspecified atom stereocenters. The molecule has 0 N–H and O–H groups in total. The van der Waals surface area contributed by atoms with Crippen molar-refractivity contribution in [2.45, 2.75) is 48.0 Å². The van der Waals surface area contributed by atoms with E-state index in [-0.39, 0.29) is 24.8 Å². The third-order valence-electron chi connectivity index (χ3n) is 4.95. The van der Waals surface area contributed by atoms with Crippen LogP contribution in [0.15, 0.2) is 60.2 Å². The zero-order chi connectivity index (χ0) is 20.7. The SMILES string of the molecule is CC(C)[C](=[Ti+2])C(C)C.CC1=[C-]C(C)C=C1.[Cl-].[Cl-].[c-]1cccc2c1Cc1ccccc1-2. The minimum atomic E-state index is 0. The standard InChI is InChI=1S/C13H9.C7H9.C7H14.2ClH.Ti/c1-3-7-12-10(5-1)9-11-6-2-4-8-13(11)12;1-6-3-4-7(2)5-6;1-6(2)5-7(3)4;;;/h1-5,7-8H,9H2;3-4,6H,1-2H3;6-7H,1-4H3;2*1H;/q2*-1;;;;+2/p-2. The van der Waals surface area contributed by atoms with E-state index >= 15 is 0 Å². The van der Waals surface area contributed by atoms with Gasteiger partial charge in [-0.2, -0.15) is 35.9 Å². The number of hydrogen-bond acceptors (Lipinski definition) is 0. The van der Waals surface area contributed by atoms with E-state index in [0.717, 1.165) is 18.3 Å². The van der Waals surface area contributed by atoms with E-state index in [2.05, 4.69) is 122 Å². The van der Waals surface area contributed by atoms with Gasteiger partial charge in [-0.3, -0.25) is 6.08 Å². The summed E-state index contributed by atoms with van der Waals surface area (Å²) in [4.78, 5) is 0. The van der Waals surface area contributed by atoms with Crippen molar-refractivity contribution in [3.63, 3.8) is 0 Å². The number of hydrogen-bond donors (Lipinski definition) is 0. The predicted octanol–water partition coefficient (Wildman–Crippen LogP) is 1.03. The van der Waals surface area contributed by atoms with E-state index in [4.69, 9.17) is 0 Å². The Kier molecular flexibility index (Phi) is 13.8. The maximum Gasteiger partial charge on any atom is -0.0253 e. The third kappa shape index (κ3) is 8.68. The molecule has 30 heavy (non-hydrogen) atoms. The summed E-state index contributed by atoms with van der Waals surface area (Å²) in [6, 6.07) is 18.1. The van der Waals surface area contributed by atoms with E-state index in [1.54, 1.807) is 3.81 Å². The first-order valence-electron chi connectivity index (χ1n) is 10.2. The van der Waals surface area contributed by atoms with Crippen LogP contribution in [0.4, 0.5) is 0 Å². The number of rotatable bonds is 2. The van der Waals surface area contributed by atoms with Gasteiger partial charge in [-0.1, -0.05) is 55.2 Å². The average Bonchev–Trinajstić information content (AvgIpc) is 3.24. The Bertz CT molecular complexity index is 809. The predicted molar refractivity (Wildman–Crippen MR) is 119 cm³/mol. The summed E-state index contributed by atoms with van der Waals surface area (Å²) >= 11 is 2.23. The van der Waals surface area contributed by atoms with Gasteiger partial charge in [0.15, 0.2) is 0 Å². The number of halogens is 2. The fourth-order valence-electron chi connectivity index (χ4n) is 3.41. The van der Waals surface area contributed by atoms with Gasteiger partial charge in [0.2, 0.25) is 0 Å². The van der Waals surface area contributed by atoms with Crippen molar-refractivity contribution in [3.05, 3.63) is 83.5 Å². The first kappa shape index (κ1) is 29.1. The van der Waals surface area contributed by atoms with Gasteiger partial charge < -0.3 is 24.8 Å². The molecule has 2 aliphatic carbocycles. The van der Waals surface area contributed by atoms with Crippen LogP contribution in [0, 0.1) is 29.9 Å². The summed E-state index contributed by atoms with van der Waals surface area (Å²) in [5.74, 6) is 2.07. The van der Waals surface area contributed by atoms with Gasteiger partial charge in [0.25, 0.3) is 0 Å². The van der Waals surface area contributed by atoms with Gasteiger partial charge in [-0.15, -0.1) is 5.56 Å². The smallest absolute Gasteiger partial charge is 0.0253 e. The molecule has 0 bridgehead atoms. The summed E-state index contributed by atoms with van der Waals surface area (Å²) in [7, 11) is 0. The van der Waals surface area contributed by atoms with Crippen molar-refractivity contribution in [2.24, 2.45) is 17.8 Å². The van der Waals surface area contributed by atoms with Crippen LogP contribution in [0.1, 0.15) is 52.7 Å². The Balaban J connectivity index is 0.000000436. The van der Waals surface area contributed by atoms with Crippen LogP contribution < -0.4 is 24.8 Å². The molecule has 0 saturated carbocycles. The number of fused-ring (bicyclic) bond motifs is 3. The normalized spacial score (nSPS) is 14.9. The molecule has 0 spiro atoms. The second-order valence-corrected chi connectivity index (χ2v) is 9.04. The molecular formula is C27H32Cl2Ti-2. The largest absolute Gasteiger partial charge is 1.00 e. The molecule has 0 fully saturated rings. The molecule has 2 aliphatic rings. The van der Waals surface area contributed by atoms with E-state index < -0.39 is 0 Å². The fraction of sp³-hybridized carbons (Fsp3) is 0.370. The zero-order valence-corrected chi connectivity index (χ0v) is 22.0. The molecule has 2 aromatic carbocycles. The molecule has 1 atom stereocenters. The van der Waals surface area contributed by atoms with Crippen molar-refractivity contribution in [1.29, 1.82) is 0 Å². The molecule has 0 radical (unpaired) electrons. The monoisotopic (exact) mass is 474 g/mol. The second-order valence-electron chi connectivity index (χ2n) is 8.14. The van der Waals surface area contributed by atoms with Crippen LogP contribution in [0.3, 0.4) is 0 Å². The Labute approximate surface area is 208 Å². The summed E-state index contributed by atoms with van der Waals surface area (Å²) in [6.07, 6.45) is 8.52. The Morgan fingerprint density at radius 1 is 0.967 bits per heavy atom. The summed E-state index contributed by atoms with van der Waals surface area (Å²) in [6.45, 7) is 13.2. The van der Waals surface area contributed by atoms with Crippen LogP contribution in [-0.4, -0.2) is 3.81 Å². The molecule has 4 rings (SSSR count). The number of benzene rings is 2. The maximum absolute atomic E-state index is 3.30. The van der Waals surface area contributed by atoms with Gasteiger partial charge in [0.05, 0.1) is 0 Å². The van der Waals surface area contributed by atoms with E-state index in [9.17, 15) is 0 Å². The second kappa shape index (κ2) is 14.2. The van der Waals surface area contributed by atoms with Crippen molar-refractivity contribution >= 4 is 3.81 Å². The Hall–Kier alpha value is -0.916. The van der Waals surface area contributed by atoms with Gasteiger partial charge >= 0.3 is 63.3 Å². The quantitative estimate of drug-likeness (QED) is 0.384. The van der Waals surface area contributed by atoms with E-state index in [1.165, 1.54) is 27.8 Å². The minimum absolute atomic E-state index is 0. The van der Waals surface area contributed by atoms with Crippen LogP contribution in [0.5, 0.6) is 0 Å². The van der Waals surface area contributed by atoms with Gasteiger partial charge in [0, 0.05) is 0 Å². The molecule has 3 heteroatoms. The molecule has 0 saturated heterocycles. The molecular weight excluding hydrogens is 443 g/mol.